The number of nitrogens with zero attached hydrogens (tertiary/aromatic N) is 1. The first-order valence-electron chi connectivity index (χ1n) is 8.15. The molecule has 0 aliphatic carbocycles. The number of aromatic nitrogens is 2. The fraction of sp³-hybridized carbons (Fsp3) is 0. The lowest BCUT2D eigenvalue weighted by Gasteiger charge is -2.04. The van der Waals surface area contributed by atoms with Gasteiger partial charge < -0.3 is 15.2 Å². The first-order chi connectivity index (χ1) is 13.0. The number of aromatic hydroxyl groups is 2. The fourth-order valence-electron chi connectivity index (χ4n) is 2.85. The van der Waals surface area contributed by atoms with Crippen molar-refractivity contribution in [3.63, 3.8) is 0 Å². The van der Waals surface area contributed by atoms with Crippen molar-refractivity contribution in [2.45, 2.75) is 0 Å². The molecule has 0 aliphatic heterocycles. The number of halogens is 2. The number of hydrogen-bond donors (Lipinski definition) is 3. The molecule has 3 aromatic carbocycles. The van der Waals surface area contributed by atoms with E-state index >= 15 is 0 Å². The SMILES string of the molecule is Oc1ccc(-c2nc(-c3ccc(F)cc3F)[nH]c2-c2ccc(O)cc2)cc1. The number of benzene rings is 3. The first kappa shape index (κ1) is 16.8. The Balaban J connectivity index is 1.91. The van der Waals surface area contributed by atoms with E-state index < -0.39 is 11.6 Å². The third kappa shape index (κ3) is 3.25. The molecule has 1 aromatic heterocycles. The van der Waals surface area contributed by atoms with E-state index in [1.54, 1.807) is 24.3 Å². The average molecular weight is 364 g/mol. The molecule has 0 aliphatic rings. The lowest BCUT2D eigenvalue weighted by molar-refractivity contribution is 0.475. The lowest BCUT2D eigenvalue weighted by Crippen LogP contribution is -1.88. The maximum absolute atomic E-state index is 14.2. The molecule has 6 heteroatoms. The number of phenols is 2. The smallest absolute Gasteiger partial charge is 0.141 e. The quantitative estimate of drug-likeness (QED) is 0.474. The number of nitrogens with one attached hydrogen (secondary N) is 1. The Morgan fingerprint density at radius 1 is 0.741 bits per heavy atom. The van der Waals surface area contributed by atoms with Crippen LogP contribution in [0, 0.1) is 11.6 Å². The van der Waals surface area contributed by atoms with Gasteiger partial charge in [-0.3, -0.25) is 0 Å². The molecule has 0 bridgehead atoms. The van der Waals surface area contributed by atoms with E-state index in [9.17, 15) is 19.0 Å². The van der Waals surface area contributed by atoms with Crippen molar-refractivity contribution in [3.05, 3.63) is 78.4 Å². The molecule has 1 heterocycles. The molecular weight excluding hydrogens is 350 g/mol. The highest BCUT2D eigenvalue weighted by Gasteiger charge is 2.17. The van der Waals surface area contributed by atoms with Gasteiger partial charge in [0.05, 0.1) is 17.0 Å². The van der Waals surface area contributed by atoms with Crippen LogP contribution in [0.3, 0.4) is 0 Å². The lowest BCUT2D eigenvalue weighted by atomic mass is 10.0. The summed E-state index contributed by atoms with van der Waals surface area (Å²) in [6.45, 7) is 0. The van der Waals surface area contributed by atoms with Crippen LogP contribution in [0.15, 0.2) is 66.7 Å². The molecule has 0 saturated carbocycles. The third-order valence-corrected chi connectivity index (χ3v) is 4.19. The van der Waals surface area contributed by atoms with Gasteiger partial charge in [-0.25, -0.2) is 13.8 Å². The van der Waals surface area contributed by atoms with Crippen LogP contribution in [0.5, 0.6) is 11.5 Å². The zero-order valence-electron chi connectivity index (χ0n) is 13.9. The molecule has 0 atom stereocenters. The van der Waals surface area contributed by atoms with Crippen molar-refractivity contribution < 1.29 is 19.0 Å². The van der Waals surface area contributed by atoms with E-state index in [4.69, 9.17) is 0 Å². The predicted octanol–water partition coefficient (Wildman–Crippen LogP) is 5.10. The maximum Gasteiger partial charge on any atom is 0.141 e. The van der Waals surface area contributed by atoms with Crippen molar-refractivity contribution in [2.75, 3.05) is 0 Å². The molecule has 4 nitrogen and oxygen atoms in total. The summed E-state index contributed by atoms with van der Waals surface area (Å²) in [4.78, 5) is 7.60. The van der Waals surface area contributed by atoms with E-state index in [1.807, 2.05) is 0 Å². The highest BCUT2D eigenvalue weighted by Crippen LogP contribution is 2.34. The van der Waals surface area contributed by atoms with E-state index in [-0.39, 0.29) is 22.9 Å². The Bertz CT molecular complexity index is 1040. The van der Waals surface area contributed by atoms with Crippen LogP contribution in [-0.4, -0.2) is 20.2 Å². The van der Waals surface area contributed by atoms with E-state index in [0.29, 0.717) is 17.0 Å². The third-order valence-electron chi connectivity index (χ3n) is 4.19. The summed E-state index contributed by atoms with van der Waals surface area (Å²) in [5, 5.41) is 19.1. The Hall–Kier alpha value is -3.67. The molecular formula is C21H14F2N2O2. The van der Waals surface area contributed by atoms with Gasteiger partial charge in [0.15, 0.2) is 0 Å². The van der Waals surface area contributed by atoms with Gasteiger partial charge in [-0.05, 0) is 60.7 Å². The average Bonchev–Trinajstić information content (AvgIpc) is 3.08. The number of rotatable bonds is 3. The van der Waals surface area contributed by atoms with Gasteiger partial charge in [-0.1, -0.05) is 0 Å². The molecule has 134 valence electrons. The van der Waals surface area contributed by atoms with Crippen LogP contribution >= 0.6 is 0 Å². The van der Waals surface area contributed by atoms with E-state index in [0.717, 1.165) is 11.6 Å². The summed E-state index contributed by atoms with van der Waals surface area (Å²) in [5.41, 5.74) is 2.73. The maximum atomic E-state index is 14.2. The Kier molecular flexibility index (Phi) is 4.08. The monoisotopic (exact) mass is 364 g/mol. The normalized spacial score (nSPS) is 10.9. The van der Waals surface area contributed by atoms with Crippen LogP contribution in [0.4, 0.5) is 8.78 Å². The minimum atomic E-state index is -0.724. The Labute approximate surface area is 153 Å². The standard InChI is InChI=1S/C21H14F2N2O2/c22-14-5-10-17(18(23)11-14)21-24-19(12-1-6-15(26)7-2-12)20(25-21)13-3-8-16(27)9-4-13/h1-11,26-27H,(H,24,25). The van der Waals surface area contributed by atoms with Gasteiger partial charge in [0, 0.05) is 17.2 Å². The molecule has 3 N–H and O–H groups in total. The summed E-state index contributed by atoms with van der Waals surface area (Å²) in [6.07, 6.45) is 0. The second kappa shape index (κ2) is 6.57. The molecule has 27 heavy (non-hydrogen) atoms. The van der Waals surface area contributed by atoms with Crippen LogP contribution < -0.4 is 0 Å². The summed E-state index contributed by atoms with van der Waals surface area (Å²) in [5.74, 6) is -0.906. The number of aromatic amines is 1. The van der Waals surface area contributed by atoms with E-state index in [2.05, 4.69) is 9.97 Å². The highest BCUT2D eigenvalue weighted by molar-refractivity contribution is 5.81. The minimum absolute atomic E-state index is 0.116. The zero-order chi connectivity index (χ0) is 19.0. The van der Waals surface area contributed by atoms with Crippen molar-refractivity contribution in [1.82, 2.24) is 9.97 Å². The number of H-pyrrole nitrogens is 1. The summed E-state index contributed by atoms with van der Waals surface area (Å²) in [7, 11) is 0. The molecule has 0 unspecified atom stereocenters. The second-order valence-electron chi connectivity index (χ2n) is 6.03. The molecule has 4 aromatic rings. The fourth-order valence-corrected chi connectivity index (χ4v) is 2.85. The zero-order valence-corrected chi connectivity index (χ0v) is 13.9. The molecule has 0 spiro atoms. The van der Waals surface area contributed by atoms with Crippen LogP contribution in [0.1, 0.15) is 0 Å². The molecule has 0 radical (unpaired) electrons. The van der Waals surface area contributed by atoms with Gasteiger partial charge in [0.1, 0.15) is 29.0 Å². The Morgan fingerprint density at radius 3 is 1.93 bits per heavy atom. The molecule has 0 amide bonds. The van der Waals surface area contributed by atoms with Gasteiger partial charge in [0.25, 0.3) is 0 Å². The van der Waals surface area contributed by atoms with Gasteiger partial charge in [0.2, 0.25) is 0 Å². The molecule has 0 fully saturated rings. The van der Waals surface area contributed by atoms with Gasteiger partial charge >= 0.3 is 0 Å². The van der Waals surface area contributed by atoms with Crippen LogP contribution in [-0.2, 0) is 0 Å². The topological polar surface area (TPSA) is 69.1 Å². The van der Waals surface area contributed by atoms with Gasteiger partial charge in [-0.15, -0.1) is 0 Å². The molecule has 4 rings (SSSR count). The minimum Gasteiger partial charge on any atom is -0.508 e. The van der Waals surface area contributed by atoms with Crippen molar-refractivity contribution in [1.29, 1.82) is 0 Å². The highest BCUT2D eigenvalue weighted by atomic mass is 19.1. The summed E-state index contributed by atoms with van der Waals surface area (Å²) < 4.78 is 27.5. The van der Waals surface area contributed by atoms with Gasteiger partial charge in [-0.2, -0.15) is 0 Å². The number of phenolic OH excluding ortho intramolecular Hbond substituents is 2. The predicted molar refractivity (Wildman–Crippen MR) is 98.1 cm³/mol. The van der Waals surface area contributed by atoms with Crippen molar-refractivity contribution in [3.8, 4) is 45.4 Å². The summed E-state index contributed by atoms with van der Waals surface area (Å²) >= 11 is 0. The van der Waals surface area contributed by atoms with Crippen LogP contribution in [0.2, 0.25) is 0 Å². The number of imidazole rings is 1. The van der Waals surface area contributed by atoms with Crippen LogP contribution in [0.25, 0.3) is 33.9 Å². The van der Waals surface area contributed by atoms with Crippen molar-refractivity contribution >= 4 is 0 Å². The van der Waals surface area contributed by atoms with E-state index in [1.165, 1.54) is 36.4 Å². The number of hydrogen-bond acceptors (Lipinski definition) is 3. The summed E-state index contributed by atoms with van der Waals surface area (Å²) in [6, 6.07) is 16.2. The Morgan fingerprint density at radius 2 is 1.33 bits per heavy atom. The molecule has 0 saturated heterocycles. The van der Waals surface area contributed by atoms with Crippen molar-refractivity contribution in [2.24, 2.45) is 0 Å². The first-order valence-corrected chi connectivity index (χ1v) is 8.15. The second-order valence-corrected chi connectivity index (χ2v) is 6.03. The largest absolute Gasteiger partial charge is 0.508 e.